The number of nitrogens with zero attached hydrogens (tertiary/aromatic N) is 1. The Kier molecular flexibility index (Phi) is 5.04. The van der Waals surface area contributed by atoms with Crippen LogP contribution in [-0.2, 0) is 0 Å². The highest BCUT2D eigenvalue weighted by Gasteiger charge is 2.23. The second-order valence-electron chi connectivity index (χ2n) is 4.65. The Morgan fingerprint density at radius 1 is 1.48 bits per heavy atom. The van der Waals surface area contributed by atoms with E-state index in [9.17, 15) is 9.18 Å². The fourth-order valence-corrected chi connectivity index (χ4v) is 2.50. The number of carbonyl (C=O) groups is 1. The van der Waals surface area contributed by atoms with Crippen LogP contribution in [0, 0.1) is 5.82 Å². The number of halogens is 2. The van der Waals surface area contributed by atoms with E-state index in [0.29, 0.717) is 17.5 Å². The lowest BCUT2D eigenvalue weighted by atomic mass is 9.97. The van der Waals surface area contributed by atoms with Gasteiger partial charge in [-0.05, 0) is 31.7 Å². The summed E-state index contributed by atoms with van der Waals surface area (Å²) in [6, 6.07) is 6.23. The van der Waals surface area contributed by atoms with Crippen molar-refractivity contribution in [2.24, 2.45) is 0 Å². The summed E-state index contributed by atoms with van der Waals surface area (Å²) in [5.41, 5.74) is 0.653. The van der Waals surface area contributed by atoms with Crippen LogP contribution in [0.5, 0.6) is 0 Å². The molecule has 0 aliphatic carbocycles. The van der Waals surface area contributed by atoms with E-state index in [1.807, 2.05) is 6.92 Å². The van der Waals surface area contributed by atoms with Crippen molar-refractivity contribution >= 4 is 17.4 Å². The van der Waals surface area contributed by atoms with Gasteiger partial charge in [0.05, 0.1) is 10.6 Å². The van der Waals surface area contributed by atoms with Gasteiger partial charge in [0.25, 0.3) is 0 Å². The number of hydrogen-bond donors (Lipinski definition) is 1. The van der Waals surface area contributed by atoms with Crippen molar-refractivity contribution in [1.82, 2.24) is 10.3 Å². The molecule has 1 heterocycles. The van der Waals surface area contributed by atoms with Crippen molar-refractivity contribution in [1.29, 1.82) is 0 Å². The van der Waals surface area contributed by atoms with Gasteiger partial charge < -0.3 is 5.32 Å². The number of pyridine rings is 1. The molecule has 2 rings (SSSR count). The van der Waals surface area contributed by atoms with E-state index in [2.05, 4.69) is 10.3 Å². The molecule has 0 bridgehead atoms. The lowest BCUT2D eigenvalue weighted by Crippen LogP contribution is -2.18. The van der Waals surface area contributed by atoms with Crippen molar-refractivity contribution < 1.29 is 10.6 Å². The largest absolute Gasteiger partial charge is 0.313 e. The highest BCUT2D eigenvalue weighted by Crippen LogP contribution is 2.29. The van der Waals surface area contributed by atoms with Crippen LogP contribution in [0.1, 0.15) is 42.3 Å². The molecule has 112 valence electrons. The Morgan fingerprint density at radius 2 is 2.24 bits per heavy atom. The molecular formula is C16H18ClFN2O. The van der Waals surface area contributed by atoms with Crippen LogP contribution in [0.3, 0.4) is 0 Å². The molecular weight excluding hydrogens is 291 g/mol. The van der Waals surface area contributed by atoms with Crippen molar-refractivity contribution in [3.8, 4) is 0 Å². The Bertz CT molecular complexity index is 648. The summed E-state index contributed by atoms with van der Waals surface area (Å²) in [5, 5.41) is 3.13. The molecule has 0 saturated heterocycles. The number of rotatable bonds is 5. The lowest BCUT2D eigenvalue weighted by Gasteiger charge is -2.17. The van der Waals surface area contributed by atoms with Crippen LogP contribution in [0.4, 0.5) is 4.39 Å². The molecule has 1 N–H and O–H groups in total. The molecule has 0 fully saturated rings. The second-order valence-corrected chi connectivity index (χ2v) is 5.05. The van der Waals surface area contributed by atoms with Gasteiger partial charge in [-0.25, -0.2) is 4.39 Å². The Balaban J connectivity index is 0.00000242. The maximum absolute atomic E-state index is 14.7. The zero-order valence-corrected chi connectivity index (χ0v) is 12.6. The van der Waals surface area contributed by atoms with Gasteiger partial charge in [-0.2, -0.15) is 0 Å². The molecule has 1 aromatic heterocycles. The average molecular weight is 309 g/mol. The zero-order chi connectivity index (χ0) is 15.4. The fraction of sp³-hybridized carbons (Fsp3) is 0.250. The summed E-state index contributed by atoms with van der Waals surface area (Å²) in [4.78, 5) is 16.3. The number of hydrogen-bond acceptors (Lipinski definition) is 3. The molecule has 0 spiro atoms. The Labute approximate surface area is 129 Å². The normalized spacial score (nSPS) is 12.2. The van der Waals surface area contributed by atoms with E-state index in [-0.39, 0.29) is 18.1 Å². The zero-order valence-electron chi connectivity index (χ0n) is 11.9. The standard InChI is InChI=1S/C16H16ClFN2O.H2/c1-3-13(19-2)11-6-7-12(17)14(15(11)18)16(21)10-5-4-8-20-9-10;/h4-9,13,19H,3H2,1-2H3;1H/t13-;/m1./s1. The molecule has 0 aliphatic rings. The van der Waals surface area contributed by atoms with Crippen molar-refractivity contribution in [2.45, 2.75) is 19.4 Å². The average Bonchev–Trinajstić information content (AvgIpc) is 2.51. The molecule has 1 aromatic carbocycles. The molecule has 0 aliphatic heterocycles. The van der Waals surface area contributed by atoms with E-state index in [0.717, 1.165) is 0 Å². The van der Waals surface area contributed by atoms with Gasteiger partial charge in [0, 0.05) is 31.0 Å². The molecule has 3 nitrogen and oxygen atoms in total. The summed E-state index contributed by atoms with van der Waals surface area (Å²) < 4.78 is 14.7. The van der Waals surface area contributed by atoms with Gasteiger partial charge >= 0.3 is 0 Å². The maximum Gasteiger partial charge on any atom is 0.199 e. The number of ketones is 1. The smallest absolute Gasteiger partial charge is 0.199 e. The second kappa shape index (κ2) is 6.78. The third kappa shape index (κ3) is 3.12. The summed E-state index contributed by atoms with van der Waals surface area (Å²) >= 11 is 6.04. The molecule has 21 heavy (non-hydrogen) atoms. The van der Waals surface area contributed by atoms with Gasteiger partial charge in [-0.1, -0.05) is 24.6 Å². The lowest BCUT2D eigenvalue weighted by molar-refractivity contribution is 0.103. The molecule has 0 unspecified atom stereocenters. The van der Waals surface area contributed by atoms with E-state index >= 15 is 0 Å². The summed E-state index contributed by atoms with van der Waals surface area (Å²) in [5.74, 6) is -1.03. The number of aromatic nitrogens is 1. The fourth-order valence-electron chi connectivity index (χ4n) is 2.27. The van der Waals surface area contributed by atoms with Gasteiger partial charge in [-0.15, -0.1) is 0 Å². The van der Waals surface area contributed by atoms with E-state index < -0.39 is 11.6 Å². The molecule has 0 saturated carbocycles. The first kappa shape index (κ1) is 15.6. The minimum atomic E-state index is -0.572. The van der Waals surface area contributed by atoms with E-state index in [1.54, 1.807) is 37.5 Å². The van der Waals surface area contributed by atoms with E-state index in [1.165, 1.54) is 6.20 Å². The molecule has 5 heteroatoms. The molecule has 0 radical (unpaired) electrons. The first-order valence-electron chi connectivity index (χ1n) is 6.70. The van der Waals surface area contributed by atoms with Crippen molar-refractivity contribution in [2.75, 3.05) is 7.05 Å². The molecule has 2 aromatic rings. The predicted octanol–water partition coefficient (Wildman–Crippen LogP) is 4.02. The summed E-state index contributed by atoms with van der Waals surface area (Å²) in [7, 11) is 1.75. The molecule has 1 atom stereocenters. The number of benzene rings is 1. The Hall–Kier alpha value is -1.78. The van der Waals surface area contributed by atoms with Crippen LogP contribution in [0.25, 0.3) is 0 Å². The topological polar surface area (TPSA) is 42.0 Å². The third-order valence-electron chi connectivity index (χ3n) is 3.40. The van der Waals surface area contributed by atoms with E-state index in [4.69, 9.17) is 11.6 Å². The van der Waals surface area contributed by atoms with Crippen LogP contribution in [0.2, 0.25) is 5.02 Å². The van der Waals surface area contributed by atoms with Crippen molar-refractivity contribution in [3.63, 3.8) is 0 Å². The SMILES string of the molecule is CC[C@@H](NC)c1ccc(Cl)c(C(=O)c2cccnc2)c1F.[HH]. The Morgan fingerprint density at radius 3 is 2.81 bits per heavy atom. The quantitative estimate of drug-likeness (QED) is 0.848. The number of carbonyl (C=O) groups excluding carboxylic acids is 1. The minimum absolute atomic E-state index is 0. The predicted molar refractivity (Wildman–Crippen MR) is 83.3 cm³/mol. The highest BCUT2D eigenvalue weighted by molar-refractivity contribution is 6.35. The first-order valence-corrected chi connectivity index (χ1v) is 7.07. The van der Waals surface area contributed by atoms with Crippen LogP contribution < -0.4 is 5.32 Å². The third-order valence-corrected chi connectivity index (χ3v) is 3.72. The molecule has 0 amide bonds. The monoisotopic (exact) mass is 308 g/mol. The minimum Gasteiger partial charge on any atom is -0.313 e. The summed E-state index contributed by atoms with van der Waals surface area (Å²) in [6.07, 6.45) is 3.66. The summed E-state index contributed by atoms with van der Waals surface area (Å²) in [6.45, 7) is 1.94. The van der Waals surface area contributed by atoms with Gasteiger partial charge in [0.15, 0.2) is 5.78 Å². The van der Waals surface area contributed by atoms with Gasteiger partial charge in [0.1, 0.15) is 5.82 Å². The maximum atomic E-state index is 14.7. The van der Waals surface area contributed by atoms with Crippen LogP contribution >= 0.6 is 11.6 Å². The van der Waals surface area contributed by atoms with Crippen LogP contribution in [0.15, 0.2) is 36.7 Å². The van der Waals surface area contributed by atoms with Gasteiger partial charge in [-0.3, -0.25) is 9.78 Å². The van der Waals surface area contributed by atoms with Gasteiger partial charge in [0.2, 0.25) is 0 Å². The first-order chi connectivity index (χ1) is 10.1. The van der Waals surface area contributed by atoms with Crippen LogP contribution in [-0.4, -0.2) is 17.8 Å². The highest BCUT2D eigenvalue weighted by atomic mass is 35.5. The number of nitrogens with one attached hydrogen (secondary N) is 1. The van der Waals surface area contributed by atoms with Crippen molar-refractivity contribution in [3.05, 3.63) is 64.2 Å².